The van der Waals surface area contributed by atoms with Crippen LogP contribution in [0.2, 0.25) is 0 Å². The van der Waals surface area contributed by atoms with Crippen molar-refractivity contribution >= 4 is 5.91 Å². The maximum absolute atomic E-state index is 12.0. The molecule has 1 heterocycles. The summed E-state index contributed by atoms with van der Waals surface area (Å²) in [6.07, 6.45) is 2.67. The van der Waals surface area contributed by atoms with Gasteiger partial charge in [0.05, 0.1) is 13.2 Å². The van der Waals surface area contributed by atoms with Crippen LogP contribution in [0.1, 0.15) is 24.8 Å². The van der Waals surface area contributed by atoms with Gasteiger partial charge in [0.15, 0.2) is 0 Å². The molecular weight excluding hydrogens is 292 g/mol. The summed E-state index contributed by atoms with van der Waals surface area (Å²) in [4.78, 5) is 14.3. The number of rotatable bonds is 6. The zero-order valence-electron chi connectivity index (χ0n) is 13.7. The number of nitrogens with one attached hydrogen (secondary N) is 1. The number of ether oxygens (including phenoxy) is 1. The Morgan fingerprint density at radius 3 is 2.52 bits per heavy atom. The Balaban J connectivity index is 1.38. The van der Waals surface area contributed by atoms with E-state index in [1.54, 1.807) is 7.11 Å². The first-order valence-electron chi connectivity index (χ1n) is 8.46. The zero-order chi connectivity index (χ0) is 16.2. The second-order valence-corrected chi connectivity index (χ2v) is 6.72. The van der Waals surface area contributed by atoms with Crippen LogP contribution in [0.25, 0.3) is 0 Å². The van der Waals surface area contributed by atoms with Gasteiger partial charge in [0.1, 0.15) is 5.75 Å². The summed E-state index contributed by atoms with van der Waals surface area (Å²) in [5, 5.41) is 13.0. The summed E-state index contributed by atoms with van der Waals surface area (Å²) in [7, 11) is 1.64. The lowest BCUT2D eigenvalue weighted by molar-refractivity contribution is -0.121. The van der Waals surface area contributed by atoms with Crippen LogP contribution in [0.4, 0.5) is 0 Å². The van der Waals surface area contributed by atoms with Gasteiger partial charge < -0.3 is 20.1 Å². The molecule has 0 radical (unpaired) electrons. The van der Waals surface area contributed by atoms with Crippen molar-refractivity contribution in [1.82, 2.24) is 10.2 Å². The highest BCUT2D eigenvalue weighted by Crippen LogP contribution is 2.36. The standard InChI is InChI=1S/C18H26N2O3/c1-23-16-6-2-13(3-7-16)10-19-17(21)8-9-20-11-14-4-5-15(12-20)18(14)22/h2-3,6-7,14-15,18,22H,4-5,8-12H2,1H3,(H,19,21). The number of aliphatic hydroxyl groups excluding tert-OH is 1. The highest BCUT2D eigenvalue weighted by atomic mass is 16.5. The van der Waals surface area contributed by atoms with Gasteiger partial charge in [-0.05, 0) is 42.4 Å². The van der Waals surface area contributed by atoms with E-state index in [0.29, 0.717) is 24.8 Å². The number of hydrogen-bond acceptors (Lipinski definition) is 4. The van der Waals surface area contributed by atoms with Crippen molar-refractivity contribution in [3.63, 3.8) is 0 Å². The first-order valence-corrected chi connectivity index (χ1v) is 8.46. The molecule has 1 aromatic carbocycles. The third kappa shape index (κ3) is 4.03. The van der Waals surface area contributed by atoms with Crippen molar-refractivity contribution in [1.29, 1.82) is 0 Å². The lowest BCUT2D eigenvalue weighted by Gasteiger charge is -2.35. The maximum Gasteiger partial charge on any atom is 0.221 e. The molecule has 2 bridgehead atoms. The quantitative estimate of drug-likeness (QED) is 0.832. The SMILES string of the molecule is COc1ccc(CNC(=O)CCN2CC3CCC(C2)C3O)cc1. The van der Waals surface area contributed by atoms with Crippen molar-refractivity contribution in [2.24, 2.45) is 11.8 Å². The number of amides is 1. The van der Waals surface area contributed by atoms with Gasteiger partial charge in [-0.3, -0.25) is 4.79 Å². The van der Waals surface area contributed by atoms with Gasteiger partial charge in [0, 0.05) is 32.6 Å². The van der Waals surface area contributed by atoms with Crippen LogP contribution >= 0.6 is 0 Å². The third-order valence-electron chi connectivity index (χ3n) is 5.16. The van der Waals surface area contributed by atoms with E-state index in [-0.39, 0.29) is 12.0 Å². The fourth-order valence-electron chi connectivity index (χ4n) is 3.77. The molecule has 0 spiro atoms. The Morgan fingerprint density at radius 1 is 1.26 bits per heavy atom. The first kappa shape index (κ1) is 16.3. The predicted octanol–water partition coefficient (Wildman–Crippen LogP) is 1.40. The fourth-order valence-corrected chi connectivity index (χ4v) is 3.77. The Morgan fingerprint density at radius 2 is 1.91 bits per heavy atom. The molecule has 5 heteroatoms. The number of carbonyl (C=O) groups is 1. The Hall–Kier alpha value is -1.59. The number of fused-ring (bicyclic) bond motifs is 2. The first-order chi connectivity index (χ1) is 11.2. The number of piperidine rings is 1. The van der Waals surface area contributed by atoms with Crippen LogP contribution in [0.3, 0.4) is 0 Å². The molecule has 2 N–H and O–H groups in total. The van der Waals surface area contributed by atoms with E-state index in [1.807, 2.05) is 24.3 Å². The zero-order valence-corrected chi connectivity index (χ0v) is 13.7. The van der Waals surface area contributed by atoms with Crippen molar-refractivity contribution in [3.8, 4) is 5.75 Å². The molecule has 3 rings (SSSR count). The molecule has 0 aromatic heterocycles. The van der Waals surface area contributed by atoms with Crippen LogP contribution < -0.4 is 10.1 Å². The number of hydrogen-bond donors (Lipinski definition) is 2. The number of aliphatic hydroxyl groups is 1. The second kappa shape index (κ2) is 7.32. The minimum atomic E-state index is -0.116. The van der Waals surface area contributed by atoms with Crippen LogP contribution in [0, 0.1) is 11.8 Å². The molecule has 1 saturated heterocycles. The van der Waals surface area contributed by atoms with Crippen molar-refractivity contribution in [3.05, 3.63) is 29.8 Å². The molecule has 1 saturated carbocycles. The van der Waals surface area contributed by atoms with E-state index in [0.717, 1.165) is 43.8 Å². The van der Waals surface area contributed by atoms with Gasteiger partial charge in [-0.25, -0.2) is 0 Å². The van der Waals surface area contributed by atoms with Gasteiger partial charge in [0.25, 0.3) is 0 Å². The average Bonchev–Trinajstić information content (AvgIpc) is 2.79. The molecule has 126 valence electrons. The molecule has 1 aromatic rings. The van der Waals surface area contributed by atoms with E-state index in [4.69, 9.17) is 4.74 Å². The van der Waals surface area contributed by atoms with Gasteiger partial charge in [-0.1, -0.05) is 12.1 Å². The van der Waals surface area contributed by atoms with E-state index in [2.05, 4.69) is 10.2 Å². The van der Waals surface area contributed by atoms with Crippen LogP contribution in [0.5, 0.6) is 5.75 Å². The predicted molar refractivity (Wildman–Crippen MR) is 88.1 cm³/mol. The minimum absolute atomic E-state index is 0.0827. The summed E-state index contributed by atoms with van der Waals surface area (Å²) in [5.41, 5.74) is 1.07. The molecule has 23 heavy (non-hydrogen) atoms. The number of likely N-dealkylation sites (tertiary alicyclic amines) is 1. The summed E-state index contributed by atoms with van der Waals surface area (Å²) < 4.78 is 5.12. The number of nitrogens with zero attached hydrogens (tertiary/aromatic N) is 1. The Bertz CT molecular complexity index is 518. The van der Waals surface area contributed by atoms with Crippen LogP contribution in [-0.2, 0) is 11.3 Å². The molecule has 1 aliphatic heterocycles. The lowest BCUT2D eigenvalue weighted by Crippen LogP contribution is -2.45. The van der Waals surface area contributed by atoms with E-state index >= 15 is 0 Å². The normalized spacial score (nSPS) is 27.0. The maximum atomic E-state index is 12.0. The van der Waals surface area contributed by atoms with Crippen molar-refractivity contribution in [2.75, 3.05) is 26.7 Å². The lowest BCUT2D eigenvalue weighted by atomic mass is 9.95. The molecular formula is C18H26N2O3. The molecule has 1 amide bonds. The highest BCUT2D eigenvalue weighted by molar-refractivity contribution is 5.76. The Kier molecular flexibility index (Phi) is 5.18. The minimum Gasteiger partial charge on any atom is -0.497 e. The van der Waals surface area contributed by atoms with Gasteiger partial charge >= 0.3 is 0 Å². The largest absolute Gasteiger partial charge is 0.497 e. The van der Waals surface area contributed by atoms with Gasteiger partial charge in [0.2, 0.25) is 5.91 Å². The smallest absolute Gasteiger partial charge is 0.221 e. The van der Waals surface area contributed by atoms with E-state index in [9.17, 15) is 9.90 Å². The van der Waals surface area contributed by atoms with E-state index < -0.39 is 0 Å². The van der Waals surface area contributed by atoms with Crippen molar-refractivity contribution in [2.45, 2.75) is 31.9 Å². The number of methoxy groups -OCH3 is 1. The average molecular weight is 318 g/mol. The number of benzene rings is 1. The molecule has 1 aliphatic carbocycles. The monoisotopic (exact) mass is 318 g/mol. The summed E-state index contributed by atoms with van der Waals surface area (Å²) >= 11 is 0. The second-order valence-electron chi connectivity index (χ2n) is 6.72. The Labute approximate surface area is 137 Å². The van der Waals surface area contributed by atoms with Crippen molar-refractivity contribution < 1.29 is 14.6 Å². The van der Waals surface area contributed by atoms with Gasteiger partial charge in [-0.15, -0.1) is 0 Å². The van der Waals surface area contributed by atoms with Crippen LogP contribution in [-0.4, -0.2) is 48.8 Å². The fraction of sp³-hybridized carbons (Fsp3) is 0.611. The summed E-state index contributed by atoms with van der Waals surface area (Å²) in [6, 6.07) is 7.72. The molecule has 2 aliphatic rings. The van der Waals surface area contributed by atoms with Crippen LogP contribution in [0.15, 0.2) is 24.3 Å². The van der Waals surface area contributed by atoms with E-state index in [1.165, 1.54) is 0 Å². The van der Waals surface area contributed by atoms with Gasteiger partial charge in [-0.2, -0.15) is 0 Å². The molecule has 2 unspecified atom stereocenters. The topological polar surface area (TPSA) is 61.8 Å². The molecule has 2 fully saturated rings. The summed E-state index contributed by atoms with van der Waals surface area (Å²) in [5.74, 6) is 1.73. The third-order valence-corrected chi connectivity index (χ3v) is 5.16. The highest BCUT2D eigenvalue weighted by Gasteiger charge is 2.40. The molecule has 2 atom stereocenters. The molecule has 5 nitrogen and oxygen atoms in total. The number of carbonyl (C=O) groups excluding carboxylic acids is 1. The summed E-state index contributed by atoms with van der Waals surface area (Å²) in [6.45, 7) is 3.20.